The molecule has 5 nitrogen and oxygen atoms in total. The molecule has 2 aromatic carbocycles. The van der Waals surface area contributed by atoms with E-state index in [2.05, 4.69) is 9.64 Å². The summed E-state index contributed by atoms with van der Waals surface area (Å²) < 4.78 is 35.3. The van der Waals surface area contributed by atoms with Crippen LogP contribution in [0.1, 0.15) is 17.2 Å². The molecule has 2 aromatic rings. The maximum absolute atomic E-state index is 13.0. The van der Waals surface area contributed by atoms with E-state index in [-0.39, 0.29) is 23.4 Å². The lowest BCUT2D eigenvalue weighted by Crippen LogP contribution is -2.48. The fraction of sp³-hybridized carbons (Fsp3) is 0.318. The lowest BCUT2D eigenvalue weighted by molar-refractivity contribution is -0.130. The highest BCUT2D eigenvalue weighted by Crippen LogP contribution is 2.33. The molecule has 1 saturated heterocycles. The van der Waals surface area contributed by atoms with Gasteiger partial charge in [-0.1, -0.05) is 42.5 Å². The Morgan fingerprint density at radius 1 is 1.14 bits per heavy atom. The minimum atomic E-state index is -2.99. The van der Waals surface area contributed by atoms with Gasteiger partial charge in [-0.05, 0) is 24.8 Å². The Kier molecular flexibility index (Phi) is 6.82. The molecule has 0 radical (unpaired) electrons. The minimum Gasteiger partial charge on any atom is -0.493 e. The van der Waals surface area contributed by atoms with E-state index in [0.717, 1.165) is 18.7 Å². The monoisotopic (exact) mass is 402 g/mol. The number of rotatable bonds is 6. The number of para-hydroxylation sites is 1. The van der Waals surface area contributed by atoms with Gasteiger partial charge in [0.2, 0.25) is 5.91 Å². The largest absolute Gasteiger partial charge is 0.493 e. The number of halogens is 2. The maximum Gasteiger partial charge on any atom is 0.387 e. The minimum absolute atomic E-state index is 0.0748. The molecule has 0 saturated carbocycles. The van der Waals surface area contributed by atoms with Crippen molar-refractivity contribution < 1.29 is 23.0 Å². The summed E-state index contributed by atoms with van der Waals surface area (Å²) in [5.41, 5.74) is 1.41. The van der Waals surface area contributed by atoms with Crippen LogP contribution >= 0.6 is 0 Å². The smallest absolute Gasteiger partial charge is 0.387 e. The molecule has 7 heteroatoms. The number of carbonyl (C=O) groups is 1. The number of likely N-dealkylation sites (N-methyl/N-ethyl adjacent to an activating group) is 1. The molecule has 3 rings (SSSR count). The third-order valence-electron chi connectivity index (χ3n) is 4.89. The van der Waals surface area contributed by atoms with E-state index in [1.807, 2.05) is 37.4 Å². The predicted octanol–water partition coefficient (Wildman–Crippen LogP) is 3.83. The summed E-state index contributed by atoms with van der Waals surface area (Å²) in [7, 11) is 3.40. The quantitative estimate of drug-likeness (QED) is 0.689. The number of hydrogen-bond acceptors (Lipinski definition) is 4. The van der Waals surface area contributed by atoms with E-state index in [4.69, 9.17) is 4.74 Å². The van der Waals surface area contributed by atoms with Crippen molar-refractivity contribution in [3.8, 4) is 11.5 Å². The Morgan fingerprint density at radius 2 is 1.90 bits per heavy atom. The highest BCUT2D eigenvalue weighted by Gasteiger charge is 2.29. The third-order valence-corrected chi connectivity index (χ3v) is 4.89. The van der Waals surface area contributed by atoms with Crippen LogP contribution in [0.4, 0.5) is 8.78 Å². The zero-order valence-electron chi connectivity index (χ0n) is 16.4. The first-order chi connectivity index (χ1) is 14.0. The van der Waals surface area contributed by atoms with E-state index in [9.17, 15) is 13.6 Å². The van der Waals surface area contributed by atoms with E-state index in [1.165, 1.54) is 25.3 Å². The van der Waals surface area contributed by atoms with E-state index >= 15 is 0 Å². The highest BCUT2D eigenvalue weighted by molar-refractivity contribution is 5.92. The first-order valence-electron chi connectivity index (χ1n) is 9.33. The Hall–Kier alpha value is -2.93. The SMILES string of the molecule is COc1cccc(/C=C/C(=O)N2CCN(C)CC2c2ccccc2)c1OC(F)F. The van der Waals surface area contributed by atoms with Gasteiger partial charge in [0, 0.05) is 31.3 Å². The number of amides is 1. The molecule has 154 valence electrons. The van der Waals surface area contributed by atoms with Gasteiger partial charge in [0.05, 0.1) is 13.2 Å². The number of ether oxygens (including phenoxy) is 2. The van der Waals surface area contributed by atoms with Gasteiger partial charge in [0.15, 0.2) is 11.5 Å². The number of benzene rings is 2. The molecule has 1 unspecified atom stereocenters. The lowest BCUT2D eigenvalue weighted by atomic mass is 10.0. The molecule has 1 atom stereocenters. The van der Waals surface area contributed by atoms with Crippen molar-refractivity contribution in [1.29, 1.82) is 0 Å². The Labute approximate surface area is 169 Å². The summed E-state index contributed by atoms with van der Waals surface area (Å²) in [5, 5.41) is 0. The van der Waals surface area contributed by atoms with E-state index in [1.54, 1.807) is 17.0 Å². The van der Waals surface area contributed by atoms with Crippen molar-refractivity contribution in [3.05, 3.63) is 65.7 Å². The van der Waals surface area contributed by atoms with Crippen LogP contribution in [0.5, 0.6) is 11.5 Å². The number of piperazine rings is 1. The molecular weight excluding hydrogens is 378 g/mol. The van der Waals surface area contributed by atoms with Gasteiger partial charge in [0.1, 0.15) is 0 Å². The second-order valence-electron chi connectivity index (χ2n) is 6.81. The zero-order valence-corrected chi connectivity index (χ0v) is 16.4. The number of hydrogen-bond donors (Lipinski definition) is 0. The Morgan fingerprint density at radius 3 is 2.59 bits per heavy atom. The van der Waals surface area contributed by atoms with E-state index < -0.39 is 6.61 Å². The van der Waals surface area contributed by atoms with Crippen LogP contribution in [0.3, 0.4) is 0 Å². The van der Waals surface area contributed by atoms with Gasteiger partial charge in [-0.15, -0.1) is 0 Å². The number of carbonyl (C=O) groups excluding carboxylic acids is 1. The lowest BCUT2D eigenvalue weighted by Gasteiger charge is -2.40. The summed E-state index contributed by atoms with van der Waals surface area (Å²) in [4.78, 5) is 16.9. The van der Waals surface area contributed by atoms with Crippen molar-refractivity contribution in [1.82, 2.24) is 9.80 Å². The standard InChI is InChI=1S/C22H24F2N2O3/c1-25-13-14-26(18(15-25)16-7-4-3-5-8-16)20(27)12-11-17-9-6-10-19(28-2)21(17)29-22(23)24/h3-12,18,22H,13-15H2,1-2H3/b12-11+. The van der Waals surface area contributed by atoms with Gasteiger partial charge >= 0.3 is 6.61 Å². The molecule has 0 aromatic heterocycles. The predicted molar refractivity (Wildman–Crippen MR) is 107 cm³/mol. The second kappa shape index (κ2) is 9.52. The molecule has 29 heavy (non-hydrogen) atoms. The van der Waals surface area contributed by atoms with Gasteiger partial charge in [-0.25, -0.2) is 0 Å². The van der Waals surface area contributed by atoms with Crippen molar-refractivity contribution in [3.63, 3.8) is 0 Å². The maximum atomic E-state index is 13.0. The summed E-state index contributed by atoms with van der Waals surface area (Å²) in [6.45, 7) is -0.920. The van der Waals surface area contributed by atoms with Crippen LogP contribution in [0.2, 0.25) is 0 Å². The van der Waals surface area contributed by atoms with Gasteiger partial charge in [-0.3, -0.25) is 4.79 Å². The summed E-state index contributed by atoms with van der Waals surface area (Å²) in [5.74, 6) is -0.0912. The molecule has 1 aliphatic heterocycles. The molecule has 0 spiro atoms. The van der Waals surface area contributed by atoms with Crippen molar-refractivity contribution in [2.24, 2.45) is 0 Å². The van der Waals surface area contributed by atoms with Crippen LogP contribution in [-0.2, 0) is 4.79 Å². The summed E-state index contributed by atoms with van der Waals surface area (Å²) in [6, 6.07) is 14.6. The fourth-order valence-corrected chi connectivity index (χ4v) is 3.44. The number of methoxy groups -OCH3 is 1. The molecule has 1 aliphatic rings. The first kappa shape index (κ1) is 20.8. The number of nitrogens with zero attached hydrogens (tertiary/aromatic N) is 2. The molecule has 1 fully saturated rings. The van der Waals surface area contributed by atoms with Crippen LogP contribution in [0.15, 0.2) is 54.6 Å². The highest BCUT2D eigenvalue weighted by atomic mass is 19.3. The van der Waals surface area contributed by atoms with Gasteiger partial charge in [-0.2, -0.15) is 8.78 Å². The fourth-order valence-electron chi connectivity index (χ4n) is 3.44. The molecular formula is C22H24F2N2O3. The van der Waals surface area contributed by atoms with Crippen molar-refractivity contribution >= 4 is 12.0 Å². The van der Waals surface area contributed by atoms with Crippen molar-refractivity contribution in [2.45, 2.75) is 12.7 Å². The second-order valence-corrected chi connectivity index (χ2v) is 6.81. The number of alkyl halides is 2. The molecule has 0 aliphatic carbocycles. The van der Waals surface area contributed by atoms with Gasteiger partial charge < -0.3 is 19.3 Å². The average Bonchev–Trinajstić information content (AvgIpc) is 2.73. The molecule has 1 amide bonds. The van der Waals surface area contributed by atoms with E-state index in [0.29, 0.717) is 12.1 Å². The topological polar surface area (TPSA) is 42.0 Å². The Bertz CT molecular complexity index is 858. The van der Waals surface area contributed by atoms with Crippen LogP contribution in [0.25, 0.3) is 6.08 Å². The average molecular weight is 402 g/mol. The molecule has 0 N–H and O–H groups in total. The zero-order chi connectivity index (χ0) is 20.8. The van der Waals surface area contributed by atoms with Crippen LogP contribution in [0, 0.1) is 0 Å². The summed E-state index contributed by atoms with van der Waals surface area (Å²) in [6.07, 6.45) is 2.89. The van der Waals surface area contributed by atoms with Crippen LogP contribution < -0.4 is 9.47 Å². The normalized spacial score (nSPS) is 17.7. The Balaban J connectivity index is 1.84. The van der Waals surface area contributed by atoms with Gasteiger partial charge in [0.25, 0.3) is 0 Å². The summed E-state index contributed by atoms with van der Waals surface area (Å²) >= 11 is 0. The first-order valence-corrected chi connectivity index (χ1v) is 9.33. The van der Waals surface area contributed by atoms with Crippen LogP contribution in [-0.4, -0.2) is 56.1 Å². The van der Waals surface area contributed by atoms with Crippen molar-refractivity contribution in [2.75, 3.05) is 33.8 Å². The third kappa shape index (κ3) is 5.12. The molecule has 0 bridgehead atoms. The molecule has 1 heterocycles.